The molecule has 0 N–H and O–H groups in total. The fourth-order valence-corrected chi connectivity index (χ4v) is 3.29. The number of esters is 1. The van der Waals surface area contributed by atoms with E-state index in [2.05, 4.69) is 0 Å². The number of nitrogens with zero attached hydrogens (tertiary/aromatic N) is 1. The first-order valence-electron chi connectivity index (χ1n) is 9.30. The van der Waals surface area contributed by atoms with Crippen LogP contribution in [0.15, 0.2) is 48.5 Å². The van der Waals surface area contributed by atoms with Gasteiger partial charge in [0.25, 0.3) is 0 Å². The van der Waals surface area contributed by atoms with Crippen LogP contribution < -0.4 is 9.47 Å². The number of likely N-dealkylation sites (tertiary alicyclic amines) is 1. The lowest BCUT2D eigenvalue weighted by atomic mass is 10.1. The molecule has 1 atom stereocenters. The van der Waals surface area contributed by atoms with Crippen LogP contribution in [0.3, 0.4) is 0 Å². The van der Waals surface area contributed by atoms with Gasteiger partial charge in [0, 0.05) is 6.42 Å². The molecule has 0 aromatic heterocycles. The summed E-state index contributed by atoms with van der Waals surface area (Å²) in [5, 5.41) is 0. The summed E-state index contributed by atoms with van der Waals surface area (Å²) in [6, 6.07) is 13.5. The van der Waals surface area contributed by atoms with Gasteiger partial charge >= 0.3 is 5.97 Å². The second kappa shape index (κ2) is 9.23. The molecule has 0 spiro atoms. The van der Waals surface area contributed by atoms with E-state index in [1.165, 1.54) is 14.2 Å². The molecular formula is C22H23NO6. The van der Waals surface area contributed by atoms with Gasteiger partial charge in [-0.15, -0.1) is 0 Å². The molecule has 7 heteroatoms. The van der Waals surface area contributed by atoms with Gasteiger partial charge in [-0.25, -0.2) is 4.79 Å². The maximum Gasteiger partial charge on any atom is 0.329 e. The topological polar surface area (TPSA) is 82.1 Å². The Labute approximate surface area is 169 Å². The average Bonchev–Trinajstić information content (AvgIpc) is 3.14. The van der Waals surface area contributed by atoms with Gasteiger partial charge in [0.05, 0.1) is 20.6 Å². The highest BCUT2D eigenvalue weighted by molar-refractivity contribution is 6.02. The third-order valence-corrected chi connectivity index (χ3v) is 4.78. The summed E-state index contributed by atoms with van der Waals surface area (Å²) in [5.41, 5.74) is 1.50. The molecule has 0 aliphatic carbocycles. The molecule has 2 aromatic rings. The smallest absolute Gasteiger partial charge is 0.329 e. The second-order valence-electron chi connectivity index (χ2n) is 6.67. The molecule has 1 aliphatic rings. The molecule has 0 saturated carbocycles. The van der Waals surface area contributed by atoms with Gasteiger partial charge in [-0.3, -0.25) is 14.5 Å². The minimum Gasteiger partial charge on any atom is -0.493 e. The molecule has 0 unspecified atom stereocenters. The Morgan fingerprint density at radius 3 is 2.41 bits per heavy atom. The Morgan fingerprint density at radius 1 is 1.00 bits per heavy atom. The van der Waals surface area contributed by atoms with E-state index in [0.29, 0.717) is 17.1 Å². The number of amides is 2. The zero-order valence-electron chi connectivity index (χ0n) is 16.4. The van der Waals surface area contributed by atoms with E-state index in [4.69, 9.17) is 14.2 Å². The van der Waals surface area contributed by atoms with Crippen LogP contribution in [-0.4, -0.2) is 42.9 Å². The van der Waals surface area contributed by atoms with Crippen LogP contribution in [0, 0.1) is 0 Å². The summed E-state index contributed by atoms with van der Waals surface area (Å²) in [6.07, 6.45) is 0.376. The van der Waals surface area contributed by atoms with E-state index < -0.39 is 17.9 Å². The second-order valence-corrected chi connectivity index (χ2v) is 6.67. The molecule has 2 aromatic carbocycles. The van der Waals surface area contributed by atoms with Crippen molar-refractivity contribution < 1.29 is 28.6 Å². The van der Waals surface area contributed by atoms with Crippen molar-refractivity contribution in [1.29, 1.82) is 0 Å². The van der Waals surface area contributed by atoms with Gasteiger partial charge < -0.3 is 14.2 Å². The average molecular weight is 397 g/mol. The van der Waals surface area contributed by atoms with Gasteiger partial charge in [0.2, 0.25) is 11.8 Å². The lowest BCUT2D eigenvalue weighted by Gasteiger charge is -2.22. The minimum atomic E-state index is -0.890. The highest BCUT2D eigenvalue weighted by Gasteiger charge is 2.41. The van der Waals surface area contributed by atoms with Crippen LogP contribution in [0.2, 0.25) is 0 Å². The van der Waals surface area contributed by atoms with Gasteiger partial charge in [0.15, 0.2) is 11.5 Å². The predicted octanol–water partition coefficient (Wildman–Crippen LogP) is 2.51. The largest absolute Gasteiger partial charge is 0.493 e. The monoisotopic (exact) mass is 397 g/mol. The van der Waals surface area contributed by atoms with Crippen LogP contribution in [-0.2, 0) is 32.1 Å². The maximum absolute atomic E-state index is 12.8. The summed E-state index contributed by atoms with van der Waals surface area (Å²) in [4.78, 5) is 38.6. The number of carbonyl (C=O) groups is 3. The lowest BCUT2D eigenvalue weighted by molar-refractivity contribution is -0.158. The molecule has 0 radical (unpaired) electrons. The van der Waals surface area contributed by atoms with Crippen LogP contribution in [0.5, 0.6) is 11.5 Å². The van der Waals surface area contributed by atoms with E-state index in [0.717, 1.165) is 10.5 Å². The molecule has 29 heavy (non-hydrogen) atoms. The summed E-state index contributed by atoms with van der Waals surface area (Å²) in [5.74, 6) is -0.341. The van der Waals surface area contributed by atoms with Crippen molar-refractivity contribution in [1.82, 2.24) is 4.90 Å². The number of methoxy groups -OCH3 is 2. The number of benzene rings is 2. The zero-order chi connectivity index (χ0) is 20.8. The Hall–Kier alpha value is -3.35. The number of carbonyl (C=O) groups excluding carboxylic acids is 3. The van der Waals surface area contributed by atoms with Crippen LogP contribution in [0.4, 0.5) is 0 Å². The third kappa shape index (κ3) is 4.74. The number of rotatable bonds is 7. The molecule has 7 nitrogen and oxygen atoms in total. The first kappa shape index (κ1) is 20.4. The van der Waals surface area contributed by atoms with Crippen molar-refractivity contribution in [3.63, 3.8) is 0 Å². The summed E-state index contributed by atoms with van der Waals surface area (Å²) in [7, 11) is 3.03. The van der Waals surface area contributed by atoms with Crippen molar-refractivity contribution >= 4 is 17.8 Å². The molecule has 2 amide bonds. The first-order chi connectivity index (χ1) is 14.0. The minimum absolute atomic E-state index is 0.0332. The Bertz CT molecular complexity index is 895. The van der Waals surface area contributed by atoms with E-state index in [1.54, 1.807) is 18.2 Å². The predicted molar refractivity (Wildman–Crippen MR) is 104 cm³/mol. The van der Waals surface area contributed by atoms with Crippen LogP contribution in [0.1, 0.15) is 24.0 Å². The third-order valence-electron chi connectivity index (χ3n) is 4.78. The summed E-state index contributed by atoms with van der Waals surface area (Å²) in [6.45, 7) is 0.0993. The van der Waals surface area contributed by atoms with Crippen molar-refractivity contribution in [3.8, 4) is 11.5 Å². The SMILES string of the molecule is COc1ccc(CC(=O)N2C(=O)CC[C@H]2C(=O)OCc2ccccc2)cc1OC. The fraction of sp³-hybridized carbons (Fsp3) is 0.318. The summed E-state index contributed by atoms with van der Waals surface area (Å²) < 4.78 is 15.8. The molecule has 1 heterocycles. The molecule has 152 valence electrons. The molecule has 3 rings (SSSR count). The molecule has 0 bridgehead atoms. The lowest BCUT2D eigenvalue weighted by Crippen LogP contribution is -2.44. The van der Waals surface area contributed by atoms with Crippen LogP contribution >= 0.6 is 0 Å². The van der Waals surface area contributed by atoms with Gasteiger partial charge in [-0.05, 0) is 29.7 Å². The highest BCUT2D eigenvalue weighted by atomic mass is 16.5. The quantitative estimate of drug-likeness (QED) is 0.668. The zero-order valence-corrected chi connectivity index (χ0v) is 16.4. The van der Waals surface area contributed by atoms with Crippen LogP contribution in [0.25, 0.3) is 0 Å². The molecule has 1 saturated heterocycles. The van der Waals surface area contributed by atoms with Gasteiger partial charge in [-0.2, -0.15) is 0 Å². The Balaban J connectivity index is 1.67. The van der Waals surface area contributed by atoms with E-state index in [9.17, 15) is 14.4 Å². The van der Waals surface area contributed by atoms with E-state index in [1.807, 2.05) is 30.3 Å². The maximum atomic E-state index is 12.8. The Morgan fingerprint density at radius 2 is 1.72 bits per heavy atom. The normalized spacial score (nSPS) is 15.9. The number of hydrogen-bond donors (Lipinski definition) is 0. The summed E-state index contributed by atoms with van der Waals surface area (Å²) >= 11 is 0. The fourth-order valence-electron chi connectivity index (χ4n) is 3.29. The van der Waals surface area contributed by atoms with E-state index in [-0.39, 0.29) is 31.8 Å². The molecule has 1 aliphatic heterocycles. The molecule has 1 fully saturated rings. The van der Waals surface area contributed by atoms with E-state index >= 15 is 0 Å². The van der Waals surface area contributed by atoms with Crippen molar-refractivity contribution in [2.45, 2.75) is 31.9 Å². The van der Waals surface area contributed by atoms with Gasteiger partial charge in [-0.1, -0.05) is 36.4 Å². The van der Waals surface area contributed by atoms with Gasteiger partial charge in [0.1, 0.15) is 12.6 Å². The standard InChI is InChI=1S/C22H23NO6/c1-27-18-10-8-16(12-19(18)28-2)13-21(25)23-17(9-11-20(23)24)22(26)29-14-15-6-4-3-5-7-15/h3-8,10,12,17H,9,11,13-14H2,1-2H3/t17-/m0/s1. The first-order valence-corrected chi connectivity index (χ1v) is 9.30. The number of imide groups is 1. The van der Waals surface area contributed by atoms with Crippen molar-refractivity contribution in [2.24, 2.45) is 0 Å². The number of hydrogen-bond acceptors (Lipinski definition) is 6. The van der Waals surface area contributed by atoms with Crippen molar-refractivity contribution in [2.75, 3.05) is 14.2 Å². The highest BCUT2D eigenvalue weighted by Crippen LogP contribution is 2.28. The Kier molecular flexibility index (Phi) is 6.49. The van der Waals surface area contributed by atoms with Crippen molar-refractivity contribution in [3.05, 3.63) is 59.7 Å². The molecular weight excluding hydrogens is 374 g/mol. The number of ether oxygens (including phenoxy) is 3.